The number of nitrogens with zero attached hydrogens (tertiary/aromatic N) is 1. The number of rotatable bonds is 13. The zero-order valence-corrected chi connectivity index (χ0v) is 18.2. The van der Waals surface area contributed by atoms with Crippen LogP contribution in [0.2, 0.25) is 0 Å². The molecule has 1 rings (SSSR count). The van der Waals surface area contributed by atoms with E-state index in [4.69, 9.17) is 10.8 Å². The fraction of sp³-hybridized carbons (Fsp3) is 0.632. The molecule has 0 radical (unpaired) electrons. The van der Waals surface area contributed by atoms with Gasteiger partial charge in [0.25, 0.3) is 0 Å². The summed E-state index contributed by atoms with van der Waals surface area (Å²) in [6.45, 7) is 4.11. The fourth-order valence-electron chi connectivity index (χ4n) is 2.83. The van der Waals surface area contributed by atoms with Crippen molar-refractivity contribution < 1.29 is 34.5 Å². The Morgan fingerprint density at radius 1 is 1.06 bits per heavy atom. The van der Waals surface area contributed by atoms with Crippen molar-refractivity contribution >= 4 is 23.7 Å². The highest BCUT2D eigenvalue weighted by molar-refractivity contribution is 5.94. The molecule has 0 saturated carbocycles. The number of aliphatic hydroxyl groups is 2. The lowest BCUT2D eigenvalue weighted by Crippen LogP contribution is -2.59. The van der Waals surface area contributed by atoms with E-state index >= 15 is 0 Å². The highest BCUT2D eigenvalue weighted by Gasteiger charge is 2.32. The Bertz CT molecular complexity index is 768. The third-order valence-electron chi connectivity index (χ3n) is 4.54. The Hall–Kier alpha value is -3.03. The van der Waals surface area contributed by atoms with Crippen LogP contribution in [0.3, 0.4) is 0 Å². The molecule has 180 valence electrons. The summed E-state index contributed by atoms with van der Waals surface area (Å²) in [4.78, 5) is 55.4. The summed E-state index contributed by atoms with van der Waals surface area (Å²) in [5.74, 6) is -3.72. The van der Waals surface area contributed by atoms with Gasteiger partial charge in [-0.05, 0) is 19.3 Å². The molecule has 0 aliphatic carbocycles. The highest BCUT2D eigenvalue weighted by atomic mass is 16.4. The molecule has 9 N–H and O–H groups in total. The average molecular weight is 457 g/mol. The van der Waals surface area contributed by atoms with Gasteiger partial charge in [0.1, 0.15) is 12.1 Å². The lowest BCUT2D eigenvalue weighted by atomic mass is 10.0. The summed E-state index contributed by atoms with van der Waals surface area (Å²) in [5.41, 5.74) is 6.40. The monoisotopic (exact) mass is 456 g/mol. The number of imidazole rings is 1. The first-order chi connectivity index (χ1) is 15.0. The second kappa shape index (κ2) is 12.7. The van der Waals surface area contributed by atoms with Gasteiger partial charge in [-0.2, -0.15) is 0 Å². The van der Waals surface area contributed by atoms with E-state index in [2.05, 4.69) is 25.9 Å². The van der Waals surface area contributed by atoms with E-state index in [-0.39, 0.29) is 12.3 Å². The number of aromatic amines is 1. The Morgan fingerprint density at radius 2 is 1.66 bits per heavy atom. The van der Waals surface area contributed by atoms with Gasteiger partial charge < -0.3 is 42.0 Å². The van der Waals surface area contributed by atoms with E-state index in [1.165, 1.54) is 19.4 Å². The molecule has 0 spiro atoms. The van der Waals surface area contributed by atoms with Crippen molar-refractivity contribution in [1.29, 1.82) is 0 Å². The number of carbonyl (C=O) groups is 4. The second-order valence-corrected chi connectivity index (χ2v) is 7.89. The van der Waals surface area contributed by atoms with Crippen molar-refractivity contribution in [3.05, 3.63) is 18.2 Å². The molecule has 1 aromatic rings. The summed E-state index contributed by atoms with van der Waals surface area (Å²) in [5, 5.41) is 35.0. The maximum Gasteiger partial charge on any atom is 0.328 e. The van der Waals surface area contributed by atoms with Gasteiger partial charge in [0.05, 0.1) is 25.1 Å². The standard InChI is InChI=1S/C19H32N6O7/c1-9(2)4-12(20)16(28)23-13(5-11-6-21-8-22-11)17(29)24-14(7-26)18(30)25-15(10(3)27)19(31)32/h6,8-10,12-15,26-27H,4-5,7,20H2,1-3H3,(H,21,22)(H,23,28)(H,24,29)(H,25,30)(H,31,32). The van der Waals surface area contributed by atoms with Crippen molar-refractivity contribution in [1.82, 2.24) is 25.9 Å². The third-order valence-corrected chi connectivity index (χ3v) is 4.54. The molecule has 0 bridgehead atoms. The van der Waals surface area contributed by atoms with Gasteiger partial charge >= 0.3 is 5.97 Å². The van der Waals surface area contributed by atoms with E-state index < -0.39 is 60.6 Å². The van der Waals surface area contributed by atoms with Crippen LogP contribution in [0, 0.1) is 5.92 Å². The predicted octanol–water partition coefficient (Wildman–Crippen LogP) is -2.76. The molecule has 0 fully saturated rings. The Balaban J connectivity index is 2.93. The number of hydrogen-bond donors (Lipinski definition) is 8. The Morgan fingerprint density at radius 3 is 2.12 bits per heavy atom. The van der Waals surface area contributed by atoms with Crippen LogP contribution in [0.5, 0.6) is 0 Å². The van der Waals surface area contributed by atoms with Crippen LogP contribution in [0.15, 0.2) is 12.5 Å². The average Bonchev–Trinajstić information content (AvgIpc) is 3.21. The van der Waals surface area contributed by atoms with Crippen LogP contribution in [0.25, 0.3) is 0 Å². The van der Waals surface area contributed by atoms with Gasteiger partial charge in [-0.25, -0.2) is 9.78 Å². The van der Waals surface area contributed by atoms with Crippen LogP contribution in [-0.2, 0) is 25.6 Å². The van der Waals surface area contributed by atoms with Gasteiger partial charge in [-0.3, -0.25) is 14.4 Å². The number of hydrogen-bond acceptors (Lipinski definition) is 8. The first-order valence-electron chi connectivity index (χ1n) is 10.1. The number of carbonyl (C=O) groups excluding carboxylic acids is 3. The van der Waals surface area contributed by atoms with E-state index in [0.29, 0.717) is 12.1 Å². The van der Waals surface area contributed by atoms with Gasteiger partial charge in [-0.1, -0.05) is 13.8 Å². The number of nitrogens with two attached hydrogens (primary N) is 1. The topological polar surface area (TPSA) is 220 Å². The number of H-pyrrole nitrogens is 1. The van der Waals surface area contributed by atoms with E-state index in [1.54, 1.807) is 0 Å². The zero-order valence-electron chi connectivity index (χ0n) is 18.2. The molecule has 5 atom stereocenters. The molecule has 0 aliphatic rings. The lowest BCUT2D eigenvalue weighted by Gasteiger charge is -2.25. The van der Waals surface area contributed by atoms with Gasteiger partial charge in [0.2, 0.25) is 17.7 Å². The summed E-state index contributed by atoms with van der Waals surface area (Å²) in [7, 11) is 0. The Kier molecular flexibility index (Phi) is 10.7. The minimum absolute atomic E-state index is 0.00281. The van der Waals surface area contributed by atoms with Crippen molar-refractivity contribution in [3.8, 4) is 0 Å². The SMILES string of the molecule is CC(C)CC(N)C(=O)NC(Cc1cnc[nH]1)C(=O)NC(CO)C(=O)NC(C(=O)O)C(C)O. The molecule has 5 unspecified atom stereocenters. The molecular formula is C19H32N6O7. The summed E-state index contributed by atoms with van der Waals surface area (Å²) in [6.07, 6.45) is 1.82. The van der Waals surface area contributed by atoms with Crippen molar-refractivity contribution in [3.63, 3.8) is 0 Å². The summed E-state index contributed by atoms with van der Waals surface area (Å²) in [6, 6.07) is -5.17. The van der Waals surface area contributed by atoms with Gasteiger partial charge in [0, 0.05) is 18.3 Å². The second-order valence-electron chi connectivity index (χ2n) is 7.89. The predicted molar refractivity (Wildman–Crippen MR) is 112 cm³/mol. The number of carboxylic acids is 1. The van der Waals surface area contributed by atoms with Crippen molar-refractivity contribution in [2.24, 2.45) is 11.7 Å². The molecular weight excluding hydrogens is 424 g/mol. The van der Waals surface area contributed by atoms with Crippen LogP contribution < -0.4 is 21.7 Å². The van der Waals surface area contributed by atoms with Gasteiger partial charge in [0.15, 0.2) is 6.04 Å². The van der Waals surface area contributed by atoms with Gasteiger partial charge in [-0.15, -0.1) is 0 Å². The fourth-order valence-corrected chi connectivity index (χ4v) is 2.83. The normalized spacial score (nSPS) is 15.8. The zero-order chi connectivity index (χ0) is 24.4. The maximum absolute atomic E-state index is 12.8. The van der Waals surface area contributed by atoms with E-state index in [9.17, 15) is 29.4 Å². The molecule has 1 aromatic heterocycles. The quantitative estimate of drug-likeness (QED) is 0.154. The number of aromatic nitrogens is 2. The summed E-state index contributed by atoms with van der Waals surface area (Å²) >= 11 is 0. The number of amides is 3. The van der Waals surface area contributed by atoms with E-state index in [1.807, 2.05) is 13.8 Å². The molecule has 13 nitrogen and oxygen atoms in total. The molecule has 0 aromatic carbocycles. The first kappa shape index (κ1) is 27.0. The summed E-state index contributed by atoms with van der Waals surface area (Å²) < 4.78 is 0. The van der Waals surface area contributed by atoms with Crippen LogP contribution >= 0.6 is 0 Å². The number of carboxylic acid groups (broad SMARTS) is 1. The molecule has 0 saturated heterocycles. The number of aliphatic hydroxyl groups excluding tert-OH is 2. The minimum atomic E-state index is -1.64. The van der Waals surface area contributed by atoms with Crippen LogP contribution in [-0.4, -0.2) is 85.9 Å². The maximum atomic E-state index is 12.8. The van der Waals surface area contributed by atoms with Crippen LogP contribution in [0.4, 0.5) is 0 Å². The smallest absolute Gasteiger partial charge is 0.328 e. The third kappa shape index (κ3) is 8.61. The van der Waals surface area contributed by atoms with Crippen molar-refractivity contribution in [2.75, 3.05) is 6.61 Å². The van der Waals surface area contributed by atoms with Crippen molar-refractivity contribution in [2.45, 2.75) is 63.9 Å². The molecule has 1 heterocycles. The molecule has 13 heteroatoms. The number of nitrogens with one attached hydrogen (secondary N) is 4. The number of aliphatic carboxylic acids is 1. The minimum Gasteiger partial charge on any atom is -0.480 e. The first-order valence-corrected chi connectivity index (χ1v) is 10.1. The molecule has 32 heavy (non-hydrogen) atoms. The van der Waals surface area contributed by atoms with Crippen LogP contribution in [0.1, 0.15) is 32.9 Å². The largest absolute Gasteiger partial charge is 0.480 e. The van der Waals surface area contributed by atoms with E-state index in [0.717, 1.165) is 0 Å². The highest BCUT2D eigenvalue weighted by Crippen LogP contribution is 2.05. The molecule has 3 amide bonds. The lowest BCUT2D eigenvalue weighted by molar-refractivity contribution is -0.145. The molecule has 0 aliphatic heterocycles. The Labute approximate surface area is 185 Å².